The van der Waals surface area contributed by atoms with E-state index in [1.807, 2.05) is 4.90 Å². The van der Waals surface area contributed by atoms with Gasteiger partial charge in [0, 0.05) is 19.6 Å². The molecule has 1 saturated heterocycles. The number of hydrogen-bond acceptors (Lipinski definition) is 3. The second-order valence-electron chi connectivity index (χ2n) is 4.35. The number of aliphatic imine (C=N–C) groups is 1. The van der Waals surface area contributed by atoms with E-state index in [0.717, 1.165) is 12.8 Å². The normalized spacial score (nSPS) is 16.3. The van der Waals surface area contributed by atoms with E-state index in [-0.39, 0.29) is 12.3 Å². The summed E-state index contributed by atoms with van der Waals surface area (Å²) in [7, 11) is 0. The first-order valence-electron chi connectivity index (χ1n) is 6.60. The number of nitrogens with one attached hydrogen (secondary N) is 1. The summed E-state index contributed by atoms with van der Waals surface area (Å²) in [4.78, 5) is 28.3. The SMILES string of the molecule is CCCCNC(=O)C/C(=N/C(N)=O)N1CCOCC1. The topological polar surface area (TPSA) is 97.0 Å². The third kappa shape index (κ3) is 6.19. The Kier molecular flexibility index (Phi) is 6.88. The monoisotopic (exact) mass is 270 g/mol. The van der Waals surface area contributed by atoms with Gasteiger partial charge in [0.1, 0.15) is 5.84 Å². The fourth-order valence-electron chi connectivity index (χ4n) is 1.78. The molecule has 0 radical (unpaired) electrons. The number of urea groups is 1. The van der Waals surface area contributed by atoms with Crippen molar-refractivity contribution in [3.8, 4) is 0 Å². The van der Waals surface area contributed by atoms with E-state index in [1.54, 1.807) is 0 Å². The number of carbonyl (C=O) groups excluding carboxylic acids is 2. The molecule has 108 valence electrons. The minimum atomic E-state index is -0.775. The molecule has 0 saturated carbocycles. The Labute approximate surface area is 113 Å². The quantitative estimate of drug-likeness (QED) is 0.420. The summed E-state index contributed by atoms with van der Waals surface area (Å²) in [6, 6.07) is -0.775. The van der Waals surface area contributed by atoms with Gasteiger partial charge in [-0.1, -0.05) is 13.3 Å². The van der Waals surface area contributed by atoms with Crippen LogP contribution in [0.5, 0.6) is 0 Å². The first-order valence-corrected chi connectivity index (χ1v) is 6.60. The number of nitrogens with two attached hydrogens (primary N) is 1. The number of unbranched alkanes of at least 4 members (excludes halogenated alkanes) is 1. The molecule has 3 N–H and O–H groups in total. The van der Waals surface area contributed by atoms with Crippen LogP contribution in [0.25, 0.3) is 0 Å². The maximum Gasteiger partial charge on any atom is 0.340 e. The van der Waals surface area contributed by atoms with Crippen LogP contribution in [0.1, 0.15) is 26.2 Å². The molecule has 1 fully saturated rings. The van der Waals surface area contributed by atoms with E-state index in [2.05, 4.69) is 17.2 Å². The third-order valence-corrected chi connectivity index (χ3v) is 2.79. The molecule has 7 heteroatoms. The van der Waals surface area contributed by atoms with Crippen LogP contribution in [0.4, 0.5) is 4.79 Å². The molecule has 0 unspecified atom stereocenters. The first-order chi connectivity index (χ1) is 9.13. The van der Waals surface area contributed by atoms with E-state index in [1.165, 1.54) is 0 Å². The number of amides is 3. The van der Waals surface area contributed by atoms with Gasteiger partial charge in [-0.2, -0.15) is 4.99 Å². The van der Waals surface area contributed by atoms with Gasteiger partial charge in [-0.3, -0.25) is 4.79 Å². The zero-order valence-electron chi connectivity index (χ0n) is 11.4. The molecule has 7 nitrogen and oxygen atoms in total. The van der Waals surface area contributed by atoms with Crippen LogP contribution in [-0.4, -0.2) is 55.5 Å². The molecule has 0 aromatic heterocycles. The van der Waals surface area contributed by atoms with Crippen LogP contribution >= 0.6 is 0 Å². The second kappa shape index (κ2) is 8.47. The summed E-state index contributed by atoms with van der Waals surface area (Å²) in [6.07, 6.45) is 2.03. The van der Waals surface area contributed by atoms with Crippen LogP contribution in [0, 0.1) is 0 Å². The summed E-state index contributed by atoms with van der Waals surface area (Å²) in [5, 5.41) is 2.80. The zero-order chi connectivity index (χ0) is 14.1. The summed E-state index contributed by atoms with van der Waals surface area (Å²) in [6.45, 7) is 5.06. The molecule has 1 aliphatic rings. The first kappa shape index (κ1) is 15.4. The number of hydrogen-bond donors (Lipinski definition) is 2. The number of primary amides is 1. The van der Waals surface area contributed by atoms with Gasteiger partial charge in [0.15, 0.2) is 0 Å². The highest BCUT2D eigenvalue weighted by Gasteiger charge is 2.18. The van der Waals surface area contributed by atoms with E-state index < -0.39 is 6.03 Å². The molecule has 0 aromatic carbocycles. The number of nitrogens with zero attached hydrogens (tertiary/aromatic N) is 2. The highest BCUT2D eigenvalue weighted by Crippen LogP contribution is 2.03. The van der Waals surface area contributed by atoms with Crippen LogP contribution in [0.15, 0.2) is 4.99 Å². The Hall–Kier alpha value is -1.63. The lowest BCUT2D eigenvalue weighted by Crippen LogP contribution is -2.43. The molecule has 0 aromatic rings. The highest BCUT2D eigenvalue weighted by molar-refractivity contribution is 6.03. The highest BCUT2D eigenvalue weighted by atomic mass is 16.5. The van der Waals surface area contributed by atoms with Gasteiger partial charge < -0.3 is 20.7 Å². The molecule has 0 bridgehead atoms. The van der Waals surface area contributed by atoms with Crippen molar-refractivity contribution in [1.82, 2.24) is 10.2 Å². The minimum Gasteiger partial charge on any atom is -0.378 e. The summed E-state index contributed by atoms with van der Waals surface area (Å²) in [5.41, 5.74) is 5.08. The Balaban J connectivity index is 2.54. The van der Waals surface area contributed by atoms with Gasteiger partial charge in [-0.15, -0.1) is 0 Å². The fraction of sp³-hybridized carbons (Fsp3) is 0.750. The second-order valence-corrected chi connectivity index (χ2v) is 4.35. The summed E-state index contributed by atoms with van der Waals surface area (Å²) >= 11 is 0. The molecule has 1 rings (SSSR count). The standard InChI is InChI=1S/C12H22N4O3/c1-2-3-4-14-11(17)9-10(15-12(13)18)16-5-7-19-8-6-16/h2-9H2,1H3,(H2,13,18)(H,14,17)/b15-10-. The fourth-order valence-corrected chi connectivity index (χ4v) is 1.78. The van der Waals surface area contributed by atoms with Gasteiger partial charge in [0.25, 0.3) is 0 Å². The maximum absolute atomic E-state index is 11.8. The van der Waals surface area contributed by atoms with E-state index >= 15 is 0 Å². The van der Waals surface area contributed by atoms with Crippen molar-refractivity contribution in [3.63, 3.8) is 0 Å². The van der Waals surface area contributed by atoms with Crippen molar-refractivity contribution in [3.05, 3.63) is 0 Å². The number of amidine groups is 1. The molecule has 0 spiro atoms. The lowest BCUT2D eigenvalue weighted by molar-refractivity contribution is -0.120. The van der Waals surface area contributed by atoms with Crippen LogP contribution in [-0.2, 0) is 9.53 Å². The Morgan fingerprint density at radius 1 is 1.37 bits per heavy atom. The predicted octanol–water partition coefficient (Wildman–Crippen LogP) is 0.102. The van der Waals surface area contributed by atoms with Crippen molar-refractivity contribution in [2.24, 2.45) is 10.7 Å². The van der Waals surface area contributed by atoms with Crippen molar-refractivity contribution in [2.75, 3.05) is 32.8 Å². The van der Waals surface area contributed by atoms with Crippen LogP contribution < -0.4 is 11.1 Å². The smallest absolute Gasteiger partial charge is 0.340 e. The lowest BCUT2D eigenvalue weighted by Gasteiger charge is -2.29. The van der Waals surface area contributed by atoms with Crippen molar-refractivity contribution in [2.45, 2.75) is 26.2 Å². The average Bonchev–Trinajstić information content (AvgIpc) is 2.39. The van der Waals surface area contributed by atoms with Gasteiger partial charge in [0.2, 0.25) is 5.91 Å². The molecule has 0 aliphatic carbocycles. The Morgan fingerprint density at radius 3 is 2.63 bits per heavy atom. The lowest BCUT2D eigenvalue weighted by atomic mass is 10.3. The van der Waals surface area contributed by atoms with Gasteiger partial charge in [-0.25, -0.2) is 4.79 Å². The maximum atomic E-state index is 11.8. The van der Waals surface area contributed by atoms with E-state index in [4.69, 9.17) is 10.5 Å². The molecule has 0 atom stereocenters. The van der Waals surface area contributed by atoms with Crippen molar-refractivity contribution in [1.29, 1.82) is 0 Å². The predicted molar refractivity (Wildman–Crippen MR) is 71.9 cm³/mol. The number of rotatable bonds is 5. The number of carbonyl (C=O) groups is 2. The Bertz CT molecular complexity index is 338. The van der Waals surface area contributed by atoms with Crippen LogP contribution in [0.2, 0.25) is 0 Å². The van der Waals surface area contributed by atoms with Gasteiger partial charge >= 0.3 is 6.03 Å². The zero-order valence-corrected chi connectivity index (χ0v) is 11.4. The summed E-state index contributed by atoms with van der Waals surface area (Å²) < 4.78 is 5.23. The van der Waals surface area contributed by atoms with Gasteiger partial charge in [0.05, 0.1) is 19.6 Å². The number of morpholine rings is 1. The van der Waals surface area contributed by atoms with Crippen molar-refractivity contribution >= 4 is 17.8 Å². The molecular weight excluding hydrogens is 248 g/mol. The Morgan fingerprint density at radius 2 is 2.05 bits per heavy atom. The van der Waals surface area contributed by atoms with Gasteiger partial charge in [-0.05, 0) is 6.42 Å². The molecular formula is C12H22N4O3. The van der Waals surface area contributed by atoms with E-state index in [9.17, 15) is 9.59 Å². The summed E-state index contributed by atoms with van der Waals surface area (Å²) in [5.74, 6) is 0.282. The largest absolute Gasteiger partial charge is 0.378 e. The molecule has 19 heavy (non-hydrogen) atoms. The third-order valence-electron chi connectivity index (χ3n) is 2.79. The minimum absolute atomic E-state index is 0.0760. The number of ether oxygens (including phenoxy) is 1. The molecule has 3 amide bonds. The average molecular weight is 270 g/mol. The molecule has 1 heterocycles. The molecule has 1 aliphatic heterocycles. The van der Waals surface area contributed by atoms with E-state index in [0.29, 0.717) is 38.7 Å². The van der Waals surface area contributed by atoms with Crippen LogP contribution in [0.3, 0.4) is 0 Å². The van der Waals surface area contributed by atoms with Crippen molar-refractivity contribution < 1.29 is 14.3 Å².